The molecule has 25 heavy (non-hydrogen) atoms. The summed E-state index contributed by atoms with van der Waals surface area (Å²) in [5, 5.41) is 2.67. The Kier molecular flexibility index (Phi) is 4.88. The zero-order valence-electron chi connectivity index (χ0n) is 14.3. The van der Waals surface area contributed by atoms with E-state index in [1.54, 1.807) is 32.4 Å². The molecule has 2 N–H and O–H groups in total. The highest BCUT2D eigenvalue weighted by atomic mass is 16.5. The molecule has 6 nitrogen and oxygen atoms in total. The third-order valence-electron chi connectivity index (χ3n) is 4.33. The number of carbonyl (C=O) groups is 1. The zero-order valence-corrected chi connectivity index (χ0v) is 14.3. The first-order chi connectivity index (χ1) is 12.1. The average Bonchev–Trinajstić information content (AvgIpc) is 2.97. The highest BCUT2D eigenvalue weighted by molar-refractivity contribution is 5.84. The molecule has 1 aromatic heterocycles. The SMILES string of the molecule is CNC(=O)C(CCc1ccccc1)n1c(=O)[nH]c2ccc(OC)cc21. The van der Waals surface area contributed by atoms with Crippen LogP contribution in [-0.2, 0) is 11.2 Å². The van der Waals surface area contributed by atoms with Crippen molar-refractivity contribution in [3.05, 3.63) is 64.6 Å². The van der Waals surface area contributed by atoms with Gasteiger partial charge in [0.1, 0.15) is 11.8 Å². The second-order valence-corrected chi connectivity index (χ2v) is 5.84. The maximum atomic E-state index is 12.5. The average molecular weight is 339 g/mol. The predicted octanol–water partition coefficient (Wildman–Crippen LogP) is 2.26. The molecule has 3 aromatic rings. The van der Waals surface area contributed by atoms with Crippen molar-refractivity contribution in [1.29, 1.82) is 0 Å². The smallest absolute Gasteiger partial charge is 0.327 e. The van der Waals surface area contributed by atoms with Crippen LogP contribution in [0.1, 0.15) is 18.0 Å². The van der Waals surface area contributed by atoms with Crippen molar-refractivity contribution in [3.63, 3.8) is 0 Å². The summed E-state index contributed by atoms with van der Waals surface area (Å²) in [7, 11) is 3.15. The molecule has 6 heteroatoms. The highest BCUT2D eigenvalue weighted by Gasteiger charge is 2.23. The summed E-state index contributed by atoms with van der Waals surface area (Å²) < 4.78 is 6.77. The van der Waals surface area contributed by atoms with Gasteiger partial charge < -0.3 is 15.0 Å². The van der Waals surface area contributed by atoms with Crippen LogP contribution < -0.4 is 15.7 Å². The molecular weight excluding hydrogens is 318 g/mol. The summed E-state index contributed by atoms with van der Waals surface area (Å²) in [5.74, 6) is 0.445. The summed E-state index contributed by atoms with van der Waals surface area (Å²) in [6.45, 7) is 0. The predicted molar refractivity (Wildman–Crippen MR) is 97.0 cm³/mol. The number of hydrogen-bond acceptors (Lipinski definition) is 3. The van der Waals surface area contributed by atoms with Crippen LogP contribution in [0, 0.1) is 0 Å². The van der Waals surface area contributed by atoms with Crippen molar-refractivity contribution < 1.29 is 9.53 Å². The molecule has 2 aromatic carbocycles. The Hall–Kier alpha value is -3.02. The van der Waals surface area contributed by atoms with E-state index in [-0.39, 0.29) is 11.6 Å². The van der Waals surface area contributed by atoms with E-state index in [2.05, 4.69) is 10.3 Å². The van der Waals surface area contributed by atoms with E-state index in [1.165, 1.54) is 4.57 Å². The van der Waals surface area contributed by atoms with E-state index in [4.69, 9.17) is 4.74 Å². The molecule has 0 spiro atoms. The first-order valence-corrected chi connectivity index (χ1v) is 8.18. The number of fused-ring (bicyclic) bond motifs is 1. The van der Waals surface area contributed by atoms with Gasteiger partial charge in [0.15, 0.2) is 0 Å². The lowest BCUT2D eigenvalue weighted by Crippen LogP contribution is -2.35. The topological polar surface area (TPSA) is 76.1 Å². The van der Waals surface area contributed by atoms with Crippen LogP contribution in [0.4, 0.5) is 0 Å². The number of aromatic amines is 1. The Morgan fingerprint density at radius 1 is 1.24 bits per heavy atom. The van der Waals surface area contributed by atoms with Gasteiger partial charge in [0.25, 0.3) is 0 Å². The Labute approximate surface area is 145 Å². The summed E-state index contributed by atoms with van der Waals surface area (Å²) in [6.07, 6.45) is 1.22. The molecule has 130 valence electrons. The number of rotatable bonds is 6. The van der Waals surface area contributed by atoms with Crippen molar-refractivity contribution in [2.24, 2.45) is 0 Å². The number of imidazole rings is 1. The third kappa shape index (κ3) is 3.42. The third-order valence-corrected chi connectivity index (χ3v) is 4.33. The number of aromatic nitrogens is 2. The van der Waals surface area contributed by atoms with Gasteiger partial charge in [-0.25, -0.2) is 4.79 Å². The first kappa shape index (κ1) is 16.8. The van der Waals surface area contributed by atoms with Crippen LogP contribution in [0.15, 0.2) is 53.3 Å². The molecule has 0 aliphatic heterocycles. The number of nitrogens with zero attached hydrogens (tertiary/aromatic N) is 1. The van der Waals surface area contributed by atoms with E-state index < -0.39 is 6.04 Å². The summed E-state index contributed by atoms with van der Waals surface area (Å²) in [4.78, 5) is 27.8. The van der Waals surface area contributed by atoms with Crippen LogP contribution in [-0.4, -0.2) is 29.6 Å². The number of amides is 1. The number of methoxy groups -OCH3 is 1. The molecule has 0 bridgehead atoms. The quantitative estimate of drug-likeness (QED) is 0.723. The van der Waals surface area contributed by atoms with Crippen LogP contribution in [0.2, 0.25) is 0 Å². The lowest BCUT2D eigenvalue weighted by Gasteiger charge is -2.17. The Morgan fingerprint density at radius 2 is 2.00 bits per heavy atom. The van der Waals surface area contributed by atoms with Crippen LogP contribution >= 0.6 is 0 Å². The largest absolute Gasteiger partial charge is 0.497 e. The number of carbonyl (C=O) groups excluding carboxylic acids is 1. The number of likely N-dealkylation sites (N-methyl/N-ethyl adjacent to an activating group) is 1. The fourth-order valence-electron chi connectivity index (χ4n) is 3.03. The molecule has 1 atom stereocenters. The number of nitrogens with one attached hydrogen (secondary N) is 2. The van der Waals surface area contributed by atoms with E-state index in [1.807, 2.05) is 30.3 Å². The van der Waals surface area contributed by atoms with Crippen LogP contribution in [0.25, 0.3) is 11.0 Å². The number of ether oxygens (including phenoxy) is 1. The van der Waals surface area contributed by atoms with Gasteiger partial charge in [0.05, 0.1) is 18.1 Å². The standard InChI is InChI=1S/C19H21N3O3/c1-20-18(23)16(11-8-13-6-4-3-5-7-13)22-17-12-14(25-2)9-10-15(17)21-19(22)24/h3-7,9-10,12,16H,8,11H2,1-2H3,(H,20,23)(H,21,24). The van der Waals surface area contributed by atoms with E-state index in [0.717, 1.165) is 5.56 Å². The monoisotopic (exact) mass is 339 g/mol. The molecule has 0 aliphatic rings. The summed E-state index contributed by atoms with van der Waals surface area (Å²) in [6, 6.07) is 14.6. The zero-order chi connectivity index (χ0) is 17.8. The van der Waals surface area contributed by atoms with Crippen molar-refractivity contribution in [3.8, 4) is 5.75 Å². The van der Waals surface area contributed by atoms with Gasteiger partial charge in [0, 0.05) is 13.1 Å². The normalized spacial score (nSPS) is 12.1. The molecule has 3 rings (SSSR count). The molecule has 0 aliphatic carbocycles. The minimum atomic E-state index is -0.599. The molecule has 1 unspecified atom stereocenters. The molecule has 1 heterocycles. The molecule has 0 fully saturated rings. The lowest BCUT2D eigenvalue weighted by molar-refractivity contribution is -0.124. The van der Waals surface area contributed by atoms with E-state index >= 15 is 0 Å². The number of benzene rings is 2. The van der Waals surface area contributed by atoms with Crippen LogP contribution in [0.5, 0.6) is 5.75 Å². The van der Waals surface area contributed by atoms with Gasteiger partial charge >= 0.3 is 5.69 Å². The van der Waals surface area contributed by atoms with Gasteiger partial charge in [-0.1, -0.05) is 30.3 Å². The molecular formula is C19H21N3O3. The van der Waals surface area contributed by atoms with E-state index in [0.29, 0.717) is 29.6 Å². The lowest BCUT2D eigenvalue weighted by atomic mass is 10.0. The number of aryl methyl sites for hydroxylation is 1. The minimum absolute atomic E-state index is 0.193. The van der Waals surface area contributed by atoms with Gasteiger partial charge in [0.2, 0.25) is 5.91 Å². The second kappa shape index (κ2) is 7.25. The summed E-state index contributed by atoms with van der Waals surface area (Å²) in [5.41, 5.74) is 2.16. The summed E-state index contributed by atoms with van der Waals surface area (Å²) >= 11 is 0. The molecule has 0 radical (unpaired) electrons. The maximum Gasteiger partial charge on any atom is 0.327 e. The second-order valence-electron chi connectivity index (χ2n) is 5.84. The van der Waals surface area contributed by atoms with Crippen molar-refractivity contribution in [2.75, 3.05) is 14.2 Å². The number of H-pyrrole nitrogens is 1. The number of hydrogen-bond donors (Lipinski definition) is 2. The fourth-order valence-corrected chi connectivity index (χ4v) is 3.03. The Bertz CT molecular complexity index is 928. The molecule has 1 amide bonds. The Morgan fingerprint density at radius 3 is 2.68 bits per heavy atom. The first-order valence-electron chi connectivity index (χ1n) is 8.18. The van der Waals surface area contributed by atoms with Crippen molar-refractivity contribution in [2.45, 2.75) is 18.9 Å². The fraction of sp³-hybridized carbons (Fsp3) is 0.263. The minimum Gasteiger partial charge on any atom is -0.497 e. The van der Waals surface area contributed by atoms with Gasteiger partial charge in [-0.3, -0.25) is 9.36 Å². The van der Waals surface area contributed by atoms with E-state index in [9.17, 15) is 9.59 Å². The van der Waals surface area contributed by atoms with Crippen molar-refractivity contribution in [1.82, 2.24) is 14.9 Å². The van der Waals surface area contributed by atoms with Crippen molar-refractivity contribution >= 4 is 16.9 Å². The highest BCUT2D eigenvalue weighted by Crippen LogP contribution is 2.23. The molecule has 0 saturated heterocycles. The van der Waals surface area contributed by atoms with Gasteiger partial charge in [-0.05, 0) is 30.5 Å². The van der Waals surface area contributed by atoms with Gasteiger partial charge in [-0.2, -0.15) is 0 Å². The maximum absolute atomic E-state index is 12.5. The molecule has 0 saturated carbocycles. The van der Waals surface area contributed by atoms with Crippen LogP contribution in [0.3, 0.4) is 0 Å². The Balaban J connectivity index is 2.01. The van der Waals surface area contributed by atoms with Gasteiger partial charge in [-0.15, -0.1) is 0 Å².